The predicted octanol–water partition coefficient (Wildman–Crippen LogP) is 5.49. The van der Waals surface area contributed by atoms with Gasteiger partial charge in [0.1, 0.15) is 11.1 Å². The molecule has 0 bridgehead atoms. The van der Waals surface area contributed by atoms with Gasteiger partial charge in [0.05, 0.1) is 17.0 Å². The van der Waals surface area contributed by atoms with E-state index >= 15 is 0 Å². The number of benzene rings is 2. The van der Waals surface area contributed by atoms with Crippen LogP contribution >= 0.6 is 27.7 Å². The van der Waals surface area contributed by atoms with Crippen molar-refractivity contribution in [1.29, 1.82) is 5.26 Å². The number of rotatable bonds is 7. The lowest BCUT2D eigenvalue weighted by Crippen LogP contribution is -2.15. The first kappa shape index (κ1) is 22.7. The number of halogens is 1. The number of hydrogen-bond donors (Lipinski definition) is 1. The highest BCUT2D eigenvalue weighted by Gasteiger charge is 2.19. The van der Waals surface area contributed by atoms with E-state index in [4.69, 9.17) is 0 Å². The van der Waals surface area contributed by atoms with Gasteiger partial charge in [-0.15, -0.1) is 0 Å². The van der Waals surface area contributed by atoms with Gasteiger partial charge in [-0.3, -0.25) is 9.59 Å². The second kappa shape index (κ2) is 10.4. The van der Waals surface area contributed by atoms with Crippen molar-refractivity contribution in [3.63, 3.8) is 0 Å². The van der Waals surface area contributed by atoms with Gasteiger partial charge in [0.2, 0.25) is 5.91 Å². The molecule has 0 radical (unpaired) electrons. The molecule has 3 rings (SSSR count). The number of carbonyl (C=O) groups is 2. The van der Waals surface area contributed by atoms with Gasteiger partial charge in [-0.05, 0) is 53.0 Å². The molecule has 1 heterocycles. The summed E-state index contributed by atoms with van der Waals surface area (Å²) in [6, 6.07) is 18.6. The summed E-state index contributed by atoms with van der Waals surface area (Å²) in [7, 11) is 0. The van der Waals surface area contributed by atoms with E-state index in [1.165, 1.54) is 11.8 Å². The van der Waals surface area contributed by atoms with Crippen LogP contribution in [0.5, 0.6) is 0 Å². The zero-order valence-corrected chi connectivity index (χ0v) is 19.5. The highest BCUT2D eigenvalue weighted by atomic mass is 79.9. The third-order valence-electron chi connectivity index (χ3n) is 4.78. The number of aromatic nitrogens is 1. The molecule has 0 fully saturated rings. The van der Waals surface area contributed by atoms with Crippen molar-refractivity contribution in [3.8, 4) is 6.07 Å². The molecule has 0 aliphatic carbocycles. The Kier molecular flexibility index (Phi) is 7.61. The quantitative estimate of drug-likeness (QED) is 0.347. The van der Waals surface area contributed by atoms with Gasteiger partial charge in [0, 0.05) is 22.2 Å². The third-order valence-corrected chi connectivity index (χ3v) is 6.45. The standard InChI is InChI=1S/C24H20BrN3O2S/c1-15-18(12-22(29)17-8-4-3-5-9-17)16(2)27-24(19(15)13-26)31-14-23(30)28-21-11-7-6-10-20(21)25/h3-11H,12,14H2,1-2H3,(H,28,30). The minimum absolute atomic E-state index is 0.0225. The fraction of sp³-hybridized carbons (Fsp3) is 0.167. The molecular weight excluding hydrogens is 474 g/mol. The molecule has 1 N–H and O–H groups in total. The summed E-state index contributed by atoms with van der Waals surface area (Å²) >= 11 is 4.61. The zero-order valence-electron chi connectivity index (χ0n) is 17.1. The van der Waals surface area contributed by atoms with E-state index in [-0.39, 0.29) is 23.9 Å². The van der Waals surface area contributed by atoms with Gasteiger partial charge in [0.25, 0.3) is 0 Å². The molecule has 0 saturated heterocycles. The number of aryl methyl sites for hydroxylation is 1. The van der Waals surface area contributed by atoms with Crippen LogP contribution in [-0.4, -0.2) is 22.4 Å². The van der Waals surface area contributed by atoms with Crippen LogP contribution in [0.1, 0.15) is 32.7 Å². The van der Waals surface area contributed by atoms with Crippen molar-refractivity contribution in [2.75, 3.05) is 11.1 Å². The molecular formula is C24H20BrN3O2S. The van der Waals surface area contributed by atoms with E-state index in [9.17, 15) is 14.9 Å². The van der Waals surface area contributed by atoms with Gasteiger partial charge in [0.15, 0.2) is 5.78 Å². The summed E-state index contributed by atoms with van der Waals surface area (Å²) in [5.74, 6) is -0.101. The zero-order chi connectivity index (χ0) is 22.4. The van der Waals surface area contributed by atoms with Crippen LogP contribution in [-0.2, 0) is 11.2 Å². The van der Waals surface area contributed by atoms with E-state index < -0.39 is 0 Å². The molecule has 156 valence electrons. The van der Waals surface area contributed by atoms with Gasteiger partial charge >= 0.3 is 0 Å². The maximum Gasteiger partial charge on any atom is 0.234 e. The summed E-state index contributed by atoms with van der Waals surface area (Å²) in [5.41, 5.74) is 3.89. The maximum absolute atomic E-state index is 12.6. The largest absolute Gasteiger partial charge is 0.324 e. The second-order valence-corrected chi connectivity index (χ2v) is 8.69. The van der Waals surface area contributed by atoms with Crippen LogP contribution < -0.4 is 5.32 Å². The normalized spacial score (nSPS) is 10.4. The topological polar surface area (TPSA) is 82.8 Å². The van der Waals surface area contributed by atoms with Crippen molar-refractivity contribution in [2.45, 2.75) is 25.3 Å². The van der Waals surface area contributed by atoms with Crippen LogP contribution in [0.3, 0.4) is 0 Å². The summed E-state index contributed by atoms with van der Waals surface area (Å²) in [6.07, 6.45) is 0.177. The Bertz CT molecular complexity index is 1170. The van der Waals surface area contributed by atoms with Gasteiger partial charge in [-0.25, -0.2) is 4.98 Å². The Morgan fingerprint density at radius 1 is 1.10 bits per heavy atom. The molecule has 0 aliphatic heterocycles. The first-order valence-corrected chi connectivity index (χ1v) is 11.3. The van der Waals surface area contributed by atoms with Crippen LogP contribution in [0.4, 0.5) is 5.69 Å². The molecule has 1 amide bonds. The molecule has 0 spiro atoms. The molecule has 7 heteroatoms. The number of nitrogens with zero attached hydrogens (tertiary/aromatic N) is 2. The number of nitrogens with one attached hydrogen (secondary N) is 1. The molecule has 2 aromatic carbocycles. The Morgan fingerprint density at radius 3 is 2.45 bits per heavy atom. The smallest absolute Gasteiger partial charge is 0.234 e. The average molecular weight is 494 g/mol. The van der Waals surface area contributed by atoms with Crippen molar-refractivity contribution >= 4 is 45.1 Å². The lowest BCUT2D eigenvalue weighted by molar-refractivity contribution is -0.113. The fourth-order valence-corrected chi connectivity index (χ4v) is 4.39. The molecule has 1 aromatic heterocycles. The van der Waals surface area contributed by atoms with Gasteiger partial charge < -0.3 is 5.32 Å². The Labute approximate surface area is 194 Å². The van der Waals surface area contributed by atoms with E-state index in [2.05, 4.69) is 32.3 Å². The lowest BCUT2D eigenvalue weighted by atomic mass is 9.96. The Hall–Kier alpha value is -2.95. The van der Waals surface area contributed by atoms with E-state index in [0.717, 1.165) is 15.6 Å². The minimum atomic E-state index is -0.193. The van der Waals surface area contributed by atoms with Crippen LogP contribution in [0.25, 0.3) is 0 Å². The number of para-hydroxylation sites is 1. The number of nitriles is 1. The molecule has 0 atom stereocenters. The molecule has 3 aromatic rings. The van der Waals surface area contributed by atoms with E-state index in [1.54, 1.807) is 18.2 Å². The molecule has 0 saturated carbocycles. The molecule has 0 aliphatic rings. The minimum Gasteiger partial charge on any atom is -0.324 e. The van der Waals surface area contributed by atoms with Crippen molar-refractivity contribution in [2.24, 2.45) is 0 Å². The lowest BCUT2D eigenvalue weighted by Gasteiger charge is -2.14. The fourth-order valence-electron chi connectivity index (χ4n) is 3.12. The summed E-state index contributed by atoms with van der Waals surface area (Å²) in [5, 5.41) is 13.0. The average Bonchev–Trinajstić information content (AvgIpc) is 2.77. The van der Waals surface area contributed by atoms with Crippen LogP contribution in [0.2, 0.25) is 0 Å². The first-order chi connectivity index (χ1) is 14.9. The SMILES string of the molecule is Cc1nc(SCC(=O)Nc2ccccc2Br)c(C#N)c(C)c1CC(=O)c1ccccc1. The van der Waals surface area contributed by atoms with Gasteiger partial charge in [-0.2, -0.15) is 5.26 Å². The number of carbonyl (C=O) groups excluding carboxylic acids is 2. The highest BCUT2D eigenvalue weighted by molar-refractivity contribution is 9.10. The van der Waals surface area contributed by atoms with Crippen molar-refractivity contribution in [3.05, 3.63) is 87.0 Å². The summed E-state index contributed by atoms with van der Waals surface area (Å²) in [4.78, 5) is 29.6. The second-order valence-electron chi connectivity index (χ2n) is 6.88. The molecule has 0 unspecified atom stereocenters. The predicted molar refractivity (Wildman–Crippen MR) is 126 cm³/mol. The van der Waals surface area contributed by atoms with Crippen LogP contribution in [0, 0.1) is 25.2 Å². The molecule has 31 heavy (non-hydrogen) atoms. The summed E-state index contributed by atoms with van der Waals surface area (Å²) < 4.78 is 0.795. The van der Waals surface area contributed by atoms with Crippen LogP contribution in [0.15, 0.2) is 64.1 Å². The Morgan fingerprint density at radius 2 is 1.77 bits per heavy atom. The molecule has 5 nitrogen and oxygen atoms in total. The number of pyridine rings is 1. The maximum atomic E-state index is 12.6. The first-order valence-electron chi connectivity index (χ1n) is 9.56. The van der Waals surface area contributed by atoms with E-state index in [0.29, 0.717) is 27.5 Å². The summed E-state index contributed by atoms with van der Waals surface area (Å²) in [6.45, 7) is 3.65. The van der Waals surface area contributed by atoms with Crippen molar-refractivity contribution < 1.29 is 9.59 Å². The monoisotopic (exact) mass is 493 g/mol. The van der Waals surface area contributed by atoms with E-state index in [1.807, 2.05) is 50.2 Å². The van der Waals surface area contributed by atoms with Gasteiger partial charge in [-0.1, -0.05) is 54.2 Å². The number of thioether (sulfide) groups is 1. The number of ketones is 1. The Balaban J connectivity index is 1.76. The number of Topliss-reactive ketones (excluding diaryl/α,β-unsaturated/α-hetero) is 1. The number of anilines is 1. The number of hydrogen-bond acceptors (Lipinski definition) is 5. The van der Waals surface area contributed by atoms with Crippen molar-refractivity contribution in [1.82, 2.24) is 4.98 Å². The highest BCUT2D eigenvalue weighted by Crippen LogP contribution is 2.28. The number of amides is 1. The third kappa shape index (κ3) is 5.60.